The predicted molar refractivity (Wildman–Crippen MR) is 81.9 cm³/mol. The van der Waals surface area contributed by atoms with E-state index in [-0.39, 0.29) is 11.6 Å². The maximum atomic E-state index is 13.2. The SMILES string of the molecule is COc1cc2c(c(OC)c1)C(=O)/C(=C/c1cccc(F)c1)N2. The van der Waals surface area contributed by atoms with Crippen LogP contribution in [-0.2, 0) is 0 Å². The first-order valence-corrected chi connectivity index (χ1v) is 6.67. The Labute approximate surface area is 127 Å². The van der Waals surface area contributed by atoms with E-state index >= 15 is 0 Å². The highest BCUT2D eigenvalue weighted by Gasteiger charge is 2.29. The van der Waals surface area contributed by atoms with Gasteiger partial charge in [0, 0.05) is 12.1 Å². The van der Waals surface area contributed by atoms with Crippen LogP contribution in [0.1, 0.15) is 15.9 Å². The number of fused-ring (bicyclic) bond motifs is 1. The first kappa shape index (κ1) is 14.1. The first-order valence-electron chi connectivity index (χ1n) is 6.67. The highest BCUT2D eigenvalue weighted by Crippen LogP contribution is 2.39. The minimum Gasteiger partial charge on any atom is -0.497 e. The Morgan fingerprint density at radius 3 is 2.64 bits per heavy atom. The Morgan fingerprint density at radius 1 is 1.14 bits per heavy atom. The summed E-state index contributed by atoms with van der Waals surface area (Å²) >= 11 is 0. The van der Waals surface area contributed by atoms with Crippen molar-refractivity contribution in [2.75, 3.05) is 19.5 Å². The van der Waals surface area contributed by atoms with Crippen LogP contribution in [0.5, 0.6) is 11.5 Å². The fraction of sp³-hybridized carbons (Fsp3) is 0.118. The number of hydrogen-bond donors (Lipinski definition) is 1. The van der Waals surface area contributed by atoms with Gasteiger partial charge in [-0.05, 0) is 23.8 Å². The Hall–Kier alpha value is -2.82. The summed E-state index contributed by atoms with van der Waals surface area (Å²) in [5, 5.41) is 3.03. The normalized spacial score (nSPS) is 14.7. The van der Waals surface area contributed by atoms with Crippen LogP contribution in [0.15, 0.2) is 42.1 Å². The molecule has 0 fully saturated rings. The number of rotatable bonds is 3. The fourth-order valence-corrected chi connectivity index (χ4v) is 2.40. The van der Waals surface area contributed by atoms with Gasteiger partial charge >= 0.3 is 0 Å². The van der Waals surface area contributed by atoms with E-state index in [4.69, 9.17) is 9.47 Å². The zero-order valence-electron chi connectivity index (χ0n) is 12.1. The van der Waals surface area contributed by atoms with E-state index < -0.39 is 0 Å². The molecule has 0 aliphatic carbocycles. The molecule has 0 spiro atoms. The molecule has 3 rings (SSSR count). The number of halogens is 1. The van der Waals surface area contributed by atoms with Crippen molar-refractivity contribution < 1.29 is 18.7 Å². The summed E-state index contributed by atoms with van der Waals surface area (Å²) < 4.78 is 23.7. The average molecular weight is 299 g/mol. The van der Waals surface area contributed by atoms with Gasteiger partial charge in [-0.3, -0.25) is 4.79 Å². The Kier molecular flexibility index (Phi) is 3.55. The fourth-order valence-electron chi connectivity index (χ4n) is 2.40. The minimum atomic E-state index is -0.350. The number of ketones is 1. The third-order valence-electron chi connectivity index (χ3n) is 3.43. The minimum absolute atomic E-state index is 0.196. The Balaban J connectivity index is 2.04. The molecule has 112 valence electrons. The van der Waals surface area contributed by atoms with Crippen LogP contribution in [-0.4, -0.2) is 20.0 Å². The van der Waals surface area contributed by atoms with Gasteiger partial charge in [-0.1, -0.05) is 12.1 Å². The van der Waals surface area contributed by atoms with Crippen molar-refractivity contribution in [2.45, 2.75) is 0 Å². The molecule has 0 saturated heterocycles. The quantitative estimate of drug-likeness (QED) is 0.881. The number of hydrogen-bond acceptors (Lipinski definition) is 4. The van der Waals surface area contributed by atoms with Crippen molar-refractivity contribution >= 4 is 17.5 Å². The second kappa shape index (κ2) is 5.52. The molecule has 22 heavy (non-hydrogen) atoms. The molecule has 0 bridgehead atoms. The second-order valence-corrected chi connectivity index (χ2v) is 4.82. The van der Waals surface area contributed by atoms with E-state index in [1.165, 1.54) is 19.2 Å². The number of allylic oxidation sites excluding steroid dienone is 1. The lowest BCUT2D eigenvalue weighted by Crippen LogP contribution is -2.01. The molecule has 0 aromatic heterocycles. The molecule has 5 heteroatoms. The summed E-state index contributed by atoms with van der Waals surface area (Å²) in [7, 11) is 3.04. The molecule has 1 aliphatic heterocycles. The molecule has 0 atom stereocenters. The molecule has 0 radical (unpaired) electrons. The van der Waals surface area contributed by atoms with Gasteiger partial charge in [0.25, 0.3) is 0 Å². The zero-order valence-corrected chi connectivity index (χ0v) is 12.1. The number of carbonyl (C=O) groups is 1. The number of carbonyl (C=O) groups excluding carboxylic acids is 1. The lowest BCUT2D eigenvalue weighted by molar-refractivity contribution is 0.104. The largest absolute Gasteiger partial charge is 0.497 e. The summed E-state index contributed by atoms with van der Waals surface area (Å²) in [5.41, 5.74) is 2.04. The van der Waals surface area contributed by atoms with Crippen LogP contribution >= 0.6 is 0 Å². The van der Waals surface area contributed by atoms with E-state index in [0.29, 0.717) is 34.0 Å². The summed E-state index contributed by atoms with van der Waals surface area (Å²) in [6.07, 6.45) is 1.61. The lowest BCUT2D eigenvalue weighted by atomic mass is 10.1. The van der Waals surface area contributed by atoms with E-state index in [2.05, 4.69) is 5.32 Å². The lowest BCUT2D eigenvalue weighted by Gasteiger charge is -2.08. The summed E-state index contributed by atoms with van der Waals surface area (Å²) in [6.45, 7) is 0. The molecular weight excluding hydrogens is 285 g/mol. The summed E-state index contributed by atoms with van der Waals surface area (Å²) in [5.74, 6) is 0.479. The van der Waals surface area contributed by atoms with Crippen LogP contribution < -0.4 is 14.8 Å². The molecule has 2 aromatic carbocycles. The van der Waals surface area contributed by atoms with Gasteiger partial charge in [-0.15, -0.1) is 0 Å². The van der Waals surface area contributed by atoms with Crippen LogP contribution in [0.25, 0.3) is 6.08 Å². The Morgan fingerprint density at radius 2 is 1.95 bits per heavy atom. The first-order chi connectivity index (χ1) is 10.6. The van der Waals surface area contributed by atoms with Crippen LogP contribution in [0.2, 0.25) is 0 Å². The predicted octanol–water partition coefficient (Wildman–Crippen LogP) is 3.49. The highest BCUT2D eigenvalue weighted by atomic mass is 19.1. The van der Waals surface area contributed by atoms with Gasteiger partial charge in [-0.2, -0.15) is 0 Å². The standard InChI is InChI=1S/C17H14FNO3/c1-21-12-8-13-16(15(9-12)22-2)17(20)14(19-13)7-10-4-3-5-11(18)6-10/h3-9,19H,1-2H3/b14-7-. The topological polar surface area (TPSA) is 47.6 Å². The van der Waals surface area contributed by atoms with Crippen molar-refractivity contribution in [1.29, 1.82) is 0 Å². The van der Waals surface area contributed by atoms with Crippen molar-refractivity contribution in [3.63, 3.8) is 0 Å². The van der Waals surface area contributed by atoms with Crippen molar-refractivity contribution in [1.82, 2.24) is 0 Å². The molecule has 1 aliphatic rings. The van der Waals surface area contributed by atoms with E-state index in [9.17, 15) is 9.18 Å². The molecular formula is C17H14FNO3. The van der Waals surface area contributed by atoms with Crippen LogP contribution in [0.4, 0.5) is 10.1 Å². The molecule has 0 saturated carbocycles. The van der Waals surface area contributed by atoms with Crippen LogP contribution in [0.3, 0.4) is 0 Å². The van der Waals surface area contributed by atoms with E-state index in [1.807, 2.05) is 0 Å². The Bertz CT molecular complexity index is 783. The van der Waals surface area contributed by atoms with Gasteiger partial charge < -0.3 is 14.8 Å². The van der Waals surface area contributed by atoms with Gasteiger partial charge in [0.2, 0.25) is 5.78 Å². The van der Waals surface area contributed by atoms with Gasteiger partial charge in [0.1, 0.15) is 17.3 Å². The highest BCUT2D eigenvalue weighted by molar-refractivity contribution is 6.22. The maximum absolute atomic E-state index is 13.2. The molecule has 1 N–H and O–H groups in total. The third kappa shape index (κ3) is 2.41. The molecule has 0 unspecified atom stereocenters. The maximum Gasteiger partial charge on any atom is 0.215 e. The average Bonchev–Trinajstić information content (AvgIpc) is 2.82. The molecule has 2 aromatic rings. The summed E-state index contributed by atoms with van der Waals surface area (Å²) in [4.78, 5) is 12.5. The number of Topliss-reactive ketones (excluding diaryl/α,β-unsaturated/α-hetero) is 1. The van der Waals surface area contributed by atoms with E-state index in [1.54, 1.807) is 37.5 Å². The zero-order chi connectivity index (χ0) is 15.7. The number of benzene rings is 2. The van der Waals surface area contributed by atoms with E-state index in [0.717, 1.165) is 0 Å². The molecule has 0 amide bonds. The monoisotopic (exact) mass is 299 g/mol. The summed E-state index contributed by atoms with van der Waals surface area (Å²) in [6, 6.07) is 9.42. The third-order valence-corrected chi connectivity index (χ3v) is 3.43. The van der Waals surface area contributed by atoms with Crippen LogP contribution in [0, 0.1) is 5.82 Å². The van der Waals surface area contributed by atoms with Crippen molar-refractivity contribution in [2.24, 2.45) is 0 Å². The molecule has 1 heterocycles. The second-order valence-electron chi connectivity index (χ2n) is 4.82. The van der Waals surface area contributed by atoms with Crippen molar-refractivity contribution in [3.8, 4) is 11.5 Å². The number of anilines is 1. The number of nitrogens with one attached hydrogen (secondary N) is 1. The van der Waals surface area contributed by atoms with Gasteiger partial charge in [-0.25, -0.2) is 4.39 Å². The number of ether oxygens (including phenoxy) is 2. The van der Waals surface area contributed by atoms with Crippen molar-refractivity contribution in [3.05, 3.63) is 59.0 Å². The smallest absolute Gasteiger partial charge is 0.215 e. The number of methoxy groups -OCH3 is 2. The van der Waals surface area contributed by atoms with Gasteiger partial charge in [0.15, 0.2) is 0 Å². The molecule has 4 nitrogen and oxygen atoms in total. The van der Waals surface area contributed by atoms with Gasteiger partial charge in [0.05, 0.1) is 31.2 Å².